The van der Waals surface area contributed by atoms with Crippen molar-refractivity contribution in [1.29, 1.82) is 0 Å². The van der Waals surface area contributed by atoms with Gasteiger partial charge >= 0.3 is 0 Å². The zero-order valence-electron chi connectivity index (χ0n) is 10.6. The van der Waals surface area contributed by atoms with Crippen LogP contribution in [-0.2, 0) is 0 Å². The summed E-state index contributed by atoms with van der Waals surface area (Å²) in [5.41, 5.74) is 9.56. The lowest BCUT2D eigenvalue weighted by Gasteiger charge is -2.17. The van der Waals surface area contributed by atoms with Crippen molar-refractivity contribution < 1.29 is 0 Å². The zero-order chi connectivity index (χ0) is 12.4. The summed E-state index contributed by atoms with van der Waals surface area (Å²) >= 11 is 0. The molecule has 1 atom stereocenters. The third-order valence-electron chi connectivity index (χ3n) is 3.01. The maximum absolute atomic E-state index is 6.19. The number of aromatic nitrogens is 2. The van der Waals surface area contributed by atoms with Crippen LogP contribution < -0.4 is 5.73 Å². The summed E-state index contributed by atoms with van der Waals surface area (Å²) in [6, 6.07) is 10.3. The Morgan fingerprint density at radius 2 is 1.76 bits per heavy atom. The predicted molar refractivity (Wildman–Crippen MR) is 70.1 cm³/mol. The molecule has 1 aromatic carbocycles. The maximum atomic E-state index is 6.19. The Balaban J connectivity index is 2.40. The molecule has 2 rings (SSSR count). The van der Waals surface area contributed by atoms with Gasteiger partial charge in [0.05, 0.1) is 11.4 Å². The van der Waals surface area contributed by atoms with Crippen LogP contribution in [0.1, 0.15) is 31.1 Å². The van der Waals surface area contributed by atoms with Crippen molar-refractivity contribution in [3.63, 3.8) is 0 Å². The molecule has 1 aromatic heterocycles. The molecular weight excluding hydrogens is 210 g/mol. The molecule has 0 aliphatic rings. The van der Waals surface area contributed by atoms with E-state index in [1.807, 2.05) is 10.7 Å². The molecule has 0 radical (unpaired) electrons. The van der Waals surface area contributed by atoms with Gasteiger partial charge in [0.25, 0.3) is 0 Å². The van der Waals surface area contributed by atoms with Gasteiger partial charge in [0.2, 0.25) is 0 Å². The highest BCUT2D eigenvalue weighted by Gasteiger charge is 2.15. The molecule has 2 aromatic rings. The minimum absolute atomic E-state index is 0.0128. The van der Waals surface area contributed by atoms with Crippen LogP contribution in [0.2, 0.25) is 0 Å². The molecule has 0 spiro atoms. The summed E-state index contributed by atoms with van der Waals surface area (Å²) in [5, 5.41) is 4.36. The highest BCUT2D eigenvalue weighted by atomic mass is 15.3. The van der Waals surface area contributed by atoms with Crippen molar-refractivity contribution >= 4 is 0 Å². The topological polar surface area (TPSA) is 43.8 Å². The summed E-state index contributed by atoms with van der Waals surface area (Å²) < 4.78 is 1.92. The van der Waals surface area contributed by atoms with Crippen molar-refractivity contribution in [3.8, 4) is 5.69 Å². The van der Waals surface area contributed by atoms with E-state index in [0.29, 0.717) is 5.92 Å². The van der Waals surface area contributed by atoms with E-state index in [1.165, 1.54) is 5.56 Å². The minimum atomic E-state index is 0.0128. The van der Waals surface area contributed by atoms with Crippen molar-refractivity contribution in [1.82, 2.24) is 9.78 Å². The van der Waals surface area contributed by atoms with Gasteiger partial charge in [0, 0.05) is 12.2 Å². The quantitative estimate of drug-likeness (QED) is 0.879. The fourth-order valence-electron chi connectivity index (χ4n) is 1.81. The van der Waals surface area contributed by atoms with Crippen LogP contribution in [-0.4, -0.2) is 9.78 Å². The minimum Gasteiger partial charge on any atom is -0.322 e. The molecular formula is C14H19N3. The summed E-state index contributed by atoms with van der Waals surface area (Å²) in [7, 11) is 0. The van der Waals surface area contributed by atoms with Crippen LogP contribution in [0.3, 0.4) is 0 Å². The normalized spacial score (nSPS) is 13.0. The lowest BCUT2D eigenvalue weighted by atomic mass is 10.0. The first-order valence-corrected chi connectivity index (χ1v) is 5.96. The first kappa shape index (κ1) is 11.9. The van der Waals surface area contributed by atoms with Crippen LogP contribution in [0.5, 0.6) is 0 Å². The first-order valence-electron chi connectivity index (χ1n) is 5.96. The number of aryl methyl sites for hydroxylation is 1. The molecule has 1 heterocycles. The Kier molecular flexibility index (Phi) is 3.29. The number of hydrogen-bond donors (Lipinski definition) is 1. The smallest absolute Gasteiger partial charge is 0.0649 e. The van der Waals surface area contributed by atoms with Gasteiger partial charge in [-0.3, -0.25) is 0 Å². The van der Waals surface area contributed by atoms with Gasteiger partial charge in [0.1, 0.15) is 0 Å². The molecule has 2 N–H and O–H groups in total. The van der Waals surface area contributed by atoms with Crippen LogP contribution in [0.25, 0.3) is 5.69 Å². The van der Waals surface area contributed by atoms with Gasteiger partial charge < -0.3 is 5.73 Å². The van der Waals surface area contributed by atoms with Crippen molar-refractivity contribution in [3.05, 3.63) is 47.8 Å². The first-order chi connectivity index (χ1) is 8.09. The molecule has 0 bridgehead atoms. The second kappa shape index (κ2) is 4.72. The molecule has 0 aliphatic carbocycles. The van der Waals surface area contributed by atoms with Gasteiger partial charge in [-0.15, -0.1) is 0 Å². The highest BCUT2D eigenvalue weighted by molar-refractivity contribution is 5.35. The fraction of sp³-hybridized carbons (Fsp3) is 0.357. The Hall–Kier alpha value is -1.61. The van der Waals surface area contributed by atoms with E-state index < -0.39 is 0 Å². The third kappa shape index (κ3) is 2.39. The van der Waals surface area contributed by atoms with E-state index in [2.05, 4.69) is 50.1 Å². The van der Waals surface area contributed by atoms with Gasteiger partial charge in [-0.1, -0.05) is 31.5 Å². The van der Waals surface area contributed by atoms with Crippen LogP contribution in [0, 0.1) is 12.8 Å². The fourth-order valence-corrected chi connectivity index (χ4v) is 1.81. The standard InChI is InChI=1S/C14H19N3/c1-10(2)14(15)13-8-9-16-17(13)12-6-4-11(3)5-7-12/h4-10,14H,15H2,1-3H3. The van der Waals surface area contributed by atoms with E-state index in [4.69, 9.17) is 5.73 Å². The van der Waals surface area contributed by atoms with E-state index in [0.717, 1.165) is 11.4 Å². The summed E-state index contributed by atoms with van der Waals surface area (Å²) in [6.45, 7) is 6.32. The molecule has 0 saturated carbocycles. The molecule has 3 nitrogen and oxygen atoms in total. The lowest BCUT2D eigenvalue weighted by Crippen LogP contribution is -2.20. The maximum Gasteiger partial charge on any atom is 0.0649 e. The summed E-state index contributed by atoms with van der Waals surface area (Å²) in [5.74, 6) is 0.399. The molecule has 0 fully saturated rings. The monoisotopic (exact) mass is 229 g/mol. The van der Waals surface area contributed by atoms with Gasteiger partial charge in [-0.2, -0.15) is 5.10 Å². The Labute approximate surface area is 102 Å². The second-order valence-corrected chi connectivity index (χ2v) is 4.77. The van der Waals surface area contributed by atoms with Crippen molar-refractivity contribution in [2.24, 2.45) is 11.7 Å². The van der Waals surface area contributed by atoms with Gasteiger partial charge in [-0.25, -0.2) is 4.68 Å². The highest BCUT2D eigenvalue weighted by Crippen LogP contribution is 2.21. The molecule has 0 aliphatic heterocycles. The van der Waals surface area contributed by atoms with E-state index in [1.54, 1.807) is 6.20 Å². The largest absolute Gasteiger partial charge is 0.322 e. The number of nitrogens with two attached hydrogens (primary N) is 1. The molecule has 0 amide bonds. The summed E-state index contributed by atoms with van der Waals surface area (Å²) in [6.07, 6.45) is 1.80. The number of benzene rings is 1. The number of nitrogens with zero attached hydrogens (tertiary/aromatic N) is 2. The van der Waals surface area contributed by atoms with Crippen LogP contribution in [0.15, 0.2) is 36.5 Å². The van der Waals surface area contributed by atoms with Gasteiger partial charge in [0.15, 0.2) is 0 Å². The van der Waals surface area contributed by atoms with Crippen molar-refractivity contribution in [2.75, 3.05) is 0 Å². The van der Waals surface area contributed by atoms with E-state index in [-0.39, 0.29) is 6.04 Å². The Bertz CT molecular complexity index is 482. The molecule has 0 saturated heterocycles. The average Bonchev–Trinajstić information content (AvgIpc) is 2.77. The van der Waals surface area contributed by atoms with E-state index >= 15 is 0 Å². The van der Waals surface area contributed by atoms with Crippen LogP contribution in [0.4, 0.5) is 0 Å². The molecule has 17 heavy (non-hydrogen) atoms. The predicted octanol–water partition coefficient (Wildman–Crippen LogP) is 2.84. The van der Waals surface area contributed by atoms with Crippen molar-refractivity contribution in [2.45, 2.75) is 26.8 Å². The SMILES string of the molecule is Cc1ccc(-n2nccc2C(N)C(C)C)cc1. The van der Waals surface area contributed by atoms with Crippen LogP contribution >= 0.6 is 0 Å². The lowest BCUT2D eigenvalue weighted by molar-refractivity contribution is 0.491. The Morgan fingerprint density at radius 1 is 1.12 bits per heavy atom. The molecule has 3 heteroatoms. The Morgan fingerprint density at radius 3 is 2.35 bits per heavy atom. The number of rotatable bonds is 3. The zero-order valence-corrected chi connectivity index (χ0v) is 10.6. The summed E-state index contributed by atoms with van der Waals surface area (Å²) in [4.78, 5) is 0. The van der Waals surface area contributed by atoms with Gasteiger partial charge in [-0.05, 0) is 31.0 Å². The van der Waals surface area contributed by atoms with E-state index in [9.17, 15) is 0 Å². The second-order valence-electron chi connectivity index (χ2n) is 4.77. The average molecular weight is 229 g/mol. The number of hydrogen-bond acceptors (Lipinski definition) is 2. The molecule has 1 unspecified atom stereocenters. The molecule has 90 valence electrons. The third-order valence-corrected chi connectivity index (χ3v) is 3.01.